The first-order valence-corrected chi connectivity index (χ1v) is 10.9. The lowest BCUT2D eigenvalue weighted by atomic mass is 9.80. The van der Waals surface area contributed by atoms with E-state index in [4.69, 9.17) is 4.74 Å². The third kappa shape index (κ3) is 3.53. The maximum absolute atomic E-state index is 13.3. The Morgan fingerprint density at radius 3 is 2.91 bits per heavy atom. The van der Waals surface area contributed by atoms with Gasteiger partial charge < -0.3 is 20.3 Å². The van der Waals surface area contributed by atoms with E-state index in [1.165, 1.54) is 6.07 Å². The van der Waals surface area contributed by atoms with Crippen LogP contribution in [0.25, 0.3) is 0 Å². The second-order valence-electron chi connectivity index (χ2n) is 8.59. The summed E-state index contributed by atoms with van der Waals surface area (Å²) in [4.78, 5) is 38.3. The molecule has 2 aromatic carbocycles. The van der Waals surface area contributed by atoms with Gasteiger partial charge in [-0.1, -0.05) is 0 Å². The second-order valence-corrected chi connectivity index (χ2v) is 8.59. The first-order valence-electron chi connectivity index (χ1n) is 10.9. The summed E-state index contributed by atoms with van der Waals surface area (Å²) >= 11 is 0. The van der Waals surface area contributed by atoms with Crippen molar-refractivity contribution in [2.45, 2.75) is 44.8 Å². The molecule has 3 unspecified atom stereocenters. The van der Waals surface area contributed by atoms with E-state index < -0.39 is 11.0 Å². The number of nitrogens with zero attached hydrogens (tertiary/aromatic N) is 2. The molecule has 2 aromatic rings. The highest BCUT2D eigenvalue weighted by molar-refractivity contribution is 5.99. The molecule has 5 rings (SSSR count). The molecular formula is C23H24N4O5. The molecular weight excluding hydrogens is 412 g/mol. The average Bonchev–Trinajstić information content (AvgIpc) is 2.79. The lowest BCUT2D eigenvalue weighted by molar-refractivity contribution is -0.384. The molecule has 1 saturated heterocycles. The molecule has 166 valence electrons. The highest BCUT2D eigenvalue weighted by Gasteiger charge is 2.40. The smallest absolute Gasteiger partial charge is 0.269 e. The number of anilines is 3. The SMILES string of the molecule is CC1Oc2ccc(NC(=O)C3Cc4cc([N+](=O)[O-])ccc4N4CCCCC34)cc2NC1=O. The molecule has 3 heterocycles. The first kappa shape index (κ1) is 20.3. The maximum Gasteiger partial charge on any atom is 0.269 e. The number of nitro benzene ring substituents is 1. The van der Waals surface area contributed by atoms with Crippen LogP contribution < -0.4 is 20.3 Å². The van der Waals surface area contributed by atoms with Gasteiger partial charge in [0.05, 0.1) is 16.5 Å². The topological polar surface area (TPSA) is 114 Å². The number of hydrogen-bond donors (Lipinski definition) is 2. The Morgan fingerprint density at radius 2 is 2.09 bits per heavy atom. The highest BCUT2D eigenvalue weighted by atomic mass is 16.6. The van der Waals surface area contributed by atoms with Gasteiger partial charge in [0.2, 0.25) is 5.91 Å². The summed E-state index contributed by atoms with van der Waals surface area (Å²) in [5.41, 5.74) is 2.96. The van der Waals surface area contributed by atoms with Crippen LogP contribution in [0.15, 0.2) is 36.4 Å². The number of carbonyl (C=O) groups is 2. The molecule has 3 aliphatic heterocycles. The van der Waals surface area contributed by atoms with E-state index in [1.807, 2.05) is 6.07 Å². The summed E-state index contributed by atoms with van der Waals surface area (Å²) in [6, 6.07) is 10.2. The Bertz CT molecular complexity index is 1120. The maximum atomic E-state index is 13.3. The summed E-state index contributed by atoms with van der Waals surface area (Å²) < 4.78 is 5.57. The molecule has 0 radical (unpaired) electrons. The number of rotatable bonds is 3. The zero-order valence-electron chi connectivity index (χ0n) is 17.7. The minimum Gasteiger partial charge on any atom is -0.479 e. The lowest BCUT2D eigenvalue weighted by Gasteiger charge is -2.45. The minimum atomic E-state index is -0.563. The molecule has 0 saturated carbocycles. The number of non-ortho nitro benzene ring substituents is 1. The van der Waals surface area contributed by atoms with E-state index in [-0.39, 0.29) is 29.5 Å². The summed E-state index contributed by atoms with van der Waals surface area (Å²) in [6.45, 7) is 2.51. The highest BCUT2D eigenvalue weighted by Crippen LogP contribution is 2.40. The van der Waals surface area contributed by atoms with Gasteiger partial charge in [-0.05, 0) is 62.4 Å². The Kier molecular flexibility index (Phi) is 4.96. The Morgan fingerprint density at radius 1 is 1.25 bits per heavy atom. The van der Waals surface area contributed by atoms with E-state index in [9.17, 15) is 19.7 Å². The quantitative estimate of drug-likeness (QED) is 0.562. The van der Waals surface area contributed by atoms with E-state index in [1.54, 1.807) is 31.2 Å². The Labute approximate surface area is 184 Å². The first-order chi connectivity index (χ1) is 15.4. The molecule has 2 N–H and O–H groups in total. The van der Waals surface area contributed by atoms with E-state index in [2.05, 4.69) is 15.5 Å². The molecule has 32 heavy (non-hydrogen) atoms. The zero-order chi connectivity index (χ0) is 22.4. The van der Waals surface area contributed by atoms with Gasteiger partial charge in [0.15, 0.2) is 6.10 Å². The number of ether oxygens (including phenoxy) is 1. The summed E-state index contributed by atoms with van der Waals surface area (Å²) in [6.07, 6.45) is 2.87. The normalized spacial score (nSPS) is 23.7. The van der Waals surface area contributed by atoms with Crippen molar-refractivity contribution >= 4 is 34.6 Å². The average molecular weight is 436 g/mol. The fraction of sp³-hybridized carbons (Fsp3) is 0.391. The van der Waals surface area contributed by atoms with Crippen LogP contribution in [0.4, 0.5) is 22.7 Å². The van der Waals surface area contributed by atoms with Crippen molar-refractivity contribution in [3.63, 3.8) is 0 Å². The number of amides is 2. The number of hydrogen-bond acceptors (Lipinski definition) is 6. The van der Waals surface area contributed by atoms with Crippen LogP contribution in [0.5, 0.6) is 5.75 Å². The van der Waals surface area contributed by atoms with Crippen molar-refractivity contribution in [3.8, 4) is 5.75 Å². The van der Waals surface area contributed by atoms with Crippen molar-refractivity contribution in [1.82, 2.24) is 0 Å². The third-order valence-electron chi connectivity index (χ3n) is 6.55. The molecule has 0 aliphatic carbocycles. The van der Waals surface area contributed by atoms with Crippen molar-refractivity contribution < 1.29 is 19.2 Å². The third-order valence-corrected chi connectivity index (χ3v) is 6.55. The number of nitro groups is 1. The number of piperidine rings is 1. The standard InChI is InChI=1S/C23H24N4O5/c1-13-22(28)25-18-12-15(5-8-21(18)32-13)24-23(29)17-11-14-10-16(27(30)31)6-7-19(14)26-9-3-2-4-20(17)26/h5-8,10,12-13,17,20H,2-4,9,11H2,1H3,(H,24,29)(H,25,28). The molecule has 0 spiro atoms. The summed E-state index contributed by atoms with van der Waals surface area (Å²) in [5.74, 6) is -0.126. The summed E-state index contributed by atoms with van der Waals surface area (Å²) in [5, 5.41) is 17.0. The molecule has 0 bridgehead atoms. The van der Waals surface area contributed by atoms with Crippen LogP contribution in [-0.2, 0) is 16.0 Å². The van der Waals surface area contributed by atoms with Gasteiger partial charge in [-0.3, -0.25) is 19.7 Å². The van der Waals surface area contributed by atoms with E-state index in [0.717, 1.165) is 37.1 Å². The number of nitrogens with one attached hydrogen (secondary N) is 2. The molecule has 3 atom stereocenters. The number of fused-ring (bicyclic) bond motifs is 4. The molecule has 0 aromatic heterocycles. The lowest BCUT2D eigenvalue weighted by Crippen LogP contribution is -2.52. The molecule has 1 fully saturated rings. The molecule has 2 amide bonds. The van der Waals surface area contributed by atoms with Gasteiger partial charge in [0.1, 0.15) is 5.75 Å². The van der Waals surface area contributed by atoms with Crippen LogP contribution in [0.1, 0.15) is 31.7 Å². The van der Waals surface area contributed by atoms with Crippen molar-refractivity contribution in [1.29, 1.82) is 0 Å². The zero-order valence-corrected chi connectivity index (χ0v) is 17.7. The van der Waals surface area contributed by atoms with Crippen LogP contribution in [-0.4, -0.2) is 35.4 Å². The van der Waals surface area contributed by atoms with Crippen LogP contribution in [0.3, 0.4) is 0 Å². The van der Waals surface area contributed by atoms with Gasteiger partial charge in [-0.25, -0.2) is 0 Å². The van der Waals surface area contributed by atoms with Gasteiger partial charge in [0.25, 0.3) is 11.6 Å². The van der Waals surface area contributed by atoms with Gasteiger partial charge in [-0.2, -0.15) is 0 Å². The second kappa shape index (κ2) is 7.81. The fourth-order valence-electron chi connectivity index (χ4n) is 4.97. The number of benzene rings is 2. The predicted octanol–water partition coefficient (Wildman–Crippen LogP) is 3.48. The van der Waals surface area contributed by atoms with E-state index >= 15 is 0 Å². The van der Waals surface area contributed by atoms with Crippen molar-refractivity contribution in [2.24, 2.45) is 5.92 Å². The minimum absolute atomic E-state index is 0.0398. The van der Waals surface area contributed by atoms with E-state index in [0.29, 0.717) is 23.5 Å². The summed E-state index contributed by atoms with van der Waals surface area (Å²) in [7, 11) is 0. The fourth-order valence-corrected chi connectivity index (χ4v) is 4.97. The largest absolute Gasteiger partial charge is 0.479 e. The van der Waals surface area contributed by atoms with Crippen molar-refractivity contribution in [3.05, 3.63) is 52.1 Å². The molecule has 9 heteroatoms. The number of carbonyl (C=O) groups excluding carboxylic acids is 2. The van der Waals surface area contributed by atoms with Gasteiger partial charge in [-0.15, -0.1) is 0 Å². The molecule has 9 nitrogen and oxygen atoms in total. The van der Waals surface area contributed by atoms with Gasteiger partial charge in [0, 0.05) is 36.1 Å². The van der Waals surface area contributed by atoms with Crippen LogP contribution in [0, 0.1) is 16.0 Å². The van der Waals surface area contributed by atoms with Gasteiger partial charge >= 0.3 is 0 Å². The monoisotopic (exact) mass is 436 g/mol. The predicted molar refractivity (Wildman–Crippen MR) is 119 cm³/mol. The van der Waals surface area contributed by atoms with Crippen LogP contribution in [0.2, 0.25) is 0 Å². The van der Waals surface area contributed by atoms with Crippen molar-refractivity contribution in [2.75, 3.05) is 22.1 Å². The Hall–Kier alpha value is -3.62. The molecule has 3 aliphatic rings. The van der Waals surface area contributed by atoms with Crippen LogP contribution >= 0.6 is 0 Å². The Balaban J connectivity index is 1.41.